The first-order valence-electron chi connectivity index (χ1n) is 8.11. The maximum atomic E-state index is 13.1. The highest BCUT2D eigenvalue weighted by Crippen LogP contribution is 2.39. The van der Waals surface area contributed by atoms with E-state index in [9.17, 15) is 19.1 Å². The molecule has 0 saturated carbocycles. The highest BCUT2D eigenvalue weighted by molar-refractivity contribution is 6.46. The molecule has 1 aliphatic rings. The first-order valence-corrected chi connectivity index (χ1v) is 8.11. The summed E-state index contributed by atoms with van der Waals surface area (Å²) in [6.07, 6.45) is 1.96. The lowest BCUT2D eigenvalue weighted by Gasteiger charge is -2.23. The number of likely N-dealkylation sites (tertiary alicyclic amines) is 1. The highest BCUT2D eigenvalue weighted by atomic mass is 19.1. The Morgan fingerprint density at radius 3 is 2.62 bits per heavy atom. The standard InChI is InChI=1S/C19H18FNO5/c1-25-10-3-9-21-16(14-4-2-11-26-14)15(18(23)19(21)24)17(22)12-5-7-13(20)8-6-12/h2,4-8,11,16,22H,3,9-10H2,1H3/b17-15-. The summed E-state index contributed by atoms with van der Waals surface area (Å²) in [5.74, 6) is -1.98. The van der Waals surface area contributed by atoms with Gasteiger partial charge in [-0.25, -0.2) is 4.39 Å². The number of nitrogens with zero attached hydrogens (tertiary/aromatic N) is 1. The SMILES string of the molecule is COCCCN1C(=O)C(=O)/C(=C(\O)c2ccc(F)cc2)C1c1ccco1. The molecule has 2 heterocycles. The number of amides is 1. The van der Waals surface area contributed by atoms with Crippen LogP contribution in [0, 0.1) is 5.82 Å². The number of rotatable bonds is 6. The second-order valence-corrected chi connectivity index (χ2v) is 5.86. The van der Waals surface area contributed by atoms with Gasteiger partial charge < -0.3 is 19.2 Å². The van der Waals surface area contributed by atoms with Crippen LogP contribution in [-0.4, -0.2) is 42.0 Å². The fraction of sp³-hybridized carbons (Fsp3) is 0.263. The van der Waals surface area contributed by atoms with Crippen molar-refractivity contribution >= 4 is 17.4 Å². The average molecular weight is 359 g/mol. The smallest absolute Gasteiger partial charge is 0.295 e. The molecular weight excluding hydrogens is 341 g/mol. The van der Waals surface area contributed by atoms with E-state index >= 15 is 0 Å². The molecule has 1 saturated heterocycles. The molecule has 7 heteroatoms. The minimum atomic E-state index is -0.841. The Labute approximate surface area is 149 Å². The van der Waals surface area contributed by atoms with Crippen LogP contribution >= 0.6 is 0 Å². The van der Waals surface area contributed by atoms with Crippen molar-refractivity contribution in [2.24, 2.45) is 0 Å². The Morgan fingerprint density at radius 2 is 2.00 bits per heavy atom. The molecule has 0 aliphatic carbocycles. The number of furan rings is 1. The molecule has 3 rings (SSSR count). The summed E-state index contributed by atoms with van der Waals surface area (Å²) in [4.78, 5) is 26.4. The summed E-state index contributed by atoms with van der Waals surface area (Å²) in [6, 6.07) is 7.48. The Hall–Kier alpha value is -2.93. The number of aliphatic hydroxyl groups is 1. The van der Waals surface area contributed by atoms with Crippen molar-refractivity contribution < 1.29 is 28.2 Å². The molecule has 0 bridgehead atoms. The van der Waals surface area contributed by atoms with Crippen LogP contribution in [0.25, 0.3) is 5.76 Å². The van der Waals surface area contributed by atoms with E-state index in [4.69, 9.17) is 9.15 Å². The lowest BCUT2D eigenvalue weighted by molar-refractivity contribution is -0.140. The topological polar surface area (TPSA) is 80.0 Å². The number of aliphatic hydroxyl groups excluding tert-OH is 1. The fourth-order valence-electron chi connectivity index (χ4n) is 3.00. The number of benzene rings is 1. The molecule has 1 unspecified atom stereocenters. The van der Waals surface area contributed by atoms with Gasteiger partial charge in [-0.15, -0.1) is 0 Å². The molecule has 1 aromatic carbocycles. The van der Waals surface area contributed by atoms with Gasteiger partial charge in [0.1, 0.15) is 23.4 Å². The third-order valence-corrected chi connectivity index (χ3v) is 4.22. The highest BCUT2D eigenvalue weighted by Gasteiger charge is 2.47. The Balaban J connectivity index is 2.06. The number of hydrogen-bond acceptors (Lipinski definition) is 5. The van der Waals surface area contributed by atoms with Crippen molar-refractivity contribution in [3.8, 4) is 0 Å². The van der Waals surface area contributed by atoms with Crippen molar-refractivity contribution in [1.82, 2.24) is 4.90 Å². The number of ether oxygens (including phenoxy) is 1. The second-order valence-electron chi connectivity index (χ2n) is 5.86. The third kappa shape index (κ3) is 3.25. The minimum Gasteiger partial charge on any atom is -0.507 e. The maximum absolute atomic E-state index is 13.1. The average Bonchev–Trinajstić information content (AvgIpc) is 3.24. The van der Waals surface area contributed by atoms with Crippen LogP contribution in [0.4, 0.5) is 4.39 Å². The third-order valence-electron chi connectivity index (χ3n) is 4.22. The predicted octanol–water partition coefficient (Wildman–Crippen LogP) is 2.88. The lowest BCUT2D eigenvalue weighted by Crippen LogP contribution is -2.31. The van der Waals surface area contributed by atoms with Crippen molar-refractivity contribution in [2.75, 3.05) is 20.3 Å². The summed E-state index contributed by atoms with van der Waals surface area (Å²) in [5.41, 5.74) is 0.173. The molecule has 1 N–H and O–H groups in total. The van der Waals surface area contributed by atoms with Gasteiger partial charge in [-0.05, 0) is 42.8 Å². The van der Waals surface area contributed by atoms with Gasteiger partial charge in [0, 0.05) is 25.8 Å². The second kappa shape index (κ2) is 7.53. The van der Waals surface area contributed by atoms with Crippen LogP contribution in [0.2, 0.25) is 0 Å². The fourth-order valence-corrected chi connectivity index (χ4v) is 3.00. The number of halogens is 1. The predicted molar refractivity (Wildman–Crippen MR) is 90.6 cm³/mol. The lowest BCUT2D eigenvalue weighted by atomic mass is 9.99. The van der Waals surface area contributed by atoms with E-state index in [1.807, 2.05) is 0 Å². The number of methoxy groups -OCH3 is 1. The Bertz CT molecular complexity index is 826. The summed E-state index contributed by atoms with van der Waals surface area (Å²) in [5, 5.41) is 10.6. The van der Waals surface area contributed by atoms with E-state index in [2.05, 4.69) is 0 Å². The number of Topliss-reactive ketones (excluding diaryl/α,β-unsaturated/α-hetero) is 1. The number of carbonyl (C=O) groups is 2. The first-order chi connectivity index (χ1) is 12.5. The van der Waals surface area contributed by atoms with Crippen LogP contribution in [0.5, 0.6) is 0 Å². The zero-order chi connectivity index (χ0) is 18.7. The quantitative estimate of drug-likeness (QED) is 0.371. The molecule has 6 nitrogen and oxygen atoms in total. The van der Waals surface area contributed by atoms with Gasteiger partial charge in [0.05, 0.1) is 11.8 Å². The zero-order valence-corrected chi connectivity index (χ0v) is 14.1. The van der Waals surface area contributed by atoms with Crippen LogP contribution in [-0.2, 0) is 14.3 Å². The summed E-state index contributed by atoms with van der Waals surface area (Å²) in [6.45, 7) is 0.690. The van der Waals surface area contributed by atoms with E-state index in [1.54, 1.807) is 19.2 Å². The van der Waals surface area contributed by atoms with E-state index < -0.39 is 23.5 Å². The van der Waals surface area contributed by atoms with Crippen molar-refractivity contribution in [1.29, 1.82) is 0 Å². The molecule has 1 fully saturated rings. The van der Waals surface area contributed by atoms with Gasteiger partial charge in [-0.3, -0.25) is 9.59 Å². The minimum absolute atomic E-state index is 0.0750. The van der Waals surface area contributed by atoms with Crippen molar-refractivity contribution in [3.63, 3.8) is 0 Å². The Morgan fingerprint density at radius 1 is 1.27 bits per heavy atom. The summed E-state index contributed by atoms with van der Waals surface area (Å²) < 4.78 is 23.6. The van der Waals surface area contributed by atoms with E-state index in [0.717, 1.165) is 0 Å². The molecule has 2 aromatic rings. The Kier molecular flexibility index (Phi) is 5.18. The normalized spacial score (nSPS) is 19.3. The largest absolute Gasteiger partial charge is 0.507 e. The van der Waals surface area contributed by atoms with Crippen LogP contribution in [0.3, 0.4) is 0 Å². The van der Waals surface area contributed by atoms with E-state index in [0.29, 0.717) is 18.8 Å². The van der Waals surface area contributed by atoms with Crippen molar-refractivity contribution in [2.45, 2.75) is 12.5 Å². The zero-order valence-electron chi connectivity index (χ0n) is 14.1. The van der Waals surface area contributed by atoms with Gasteiger partial charge in [0.15, 0.2) is 0 Å². The molecule has 1 aliphatic heterocycles. The van der Waals surface area contributed by atoms with Gasteiger partial charge in [-0.1, -0.05) is 0 Å². The van der Waals surface area contributed by atoms with E-state index in [1.165, 1.54) is 35.4 Å². The van der Waals surface area contributed by atoms with Crippen LogP contribution in [0.15, 0.2) is 52.7 Å². The molecule has 0 spiro atoms. The van der Waals surface area contributed by atoms with Gasteiger partial charge in [0.25, 0.3) is 11.7 Å². The molecule has 0 radical (unpaired) electrons. The van der Waals surface area contributed by atoms with Gasteiger partial charge >= 0.3 is 0 Å². The van der Waals surface area contributed by atoms with E-state index in [-0.39, 0.29) is 23.4 Å². The maximum Gasteiger partial charge on any atom is 0.295 e. The first kappa shape index (κ1) is 17.9. The molecule has 1 atom stereocenters. The number of ketones is 1. The molecule has 1 amide bonds. The van der Waals surface area contributed by atoms with Crippen molar-refractivity contribution in [3.05, 3.63) is 65.4 Å². The van der Waals surface area contributed by atoms with Crippen LogP contribution in [0.1, 0.15) is 23.8 Å². The molecule has 26 heavy (non-hydrogen) atoms. The molecular formula is C19H18FNO5. The van der Waals surface area contributed by atoms with Gasteiger partial charge in [0.2, 0.25) is 0 Å². The molecule has 1 aromatic heterocycles. The van der Waals surface area contributed by atoms with Crippen LogP contribution < -0.4 is 0 Å². The van der Waals surface area contributed by atoms with Gasteiger partial charge in [-0.2, -0.15) is 0 Å². The summed E-state index contributed by atoms with van der Waals surface area (Å²) >= 11 is 0. The summed E-state index contributed by atoms with van der Waals surface area (Å²) in [7, 11) is 1.55. The number of hydrogen-bond donors (Lipinski definition) is 1. The molecule has 136 valence electrons. The number of carbonyl (C=O) groups excluding carboxylic acids is 2. The monoisotopic (exact) mass is 359 g/mol.